The molecule has 0 unspecified atom stereocenters. The standard InChI is InChI=1S/C18H24N2O6/c1-17(2,3)26-14(21)9-7-12-6-8-13(25-12)19-10-11-20(16(23)24)18(4,5)15(19)22/h6-9H,10-11H2,1-5H3,(H,23,24). The number of carbonyl (C=O) groups is 3. The monoisotopic (exact) mass is 364 g/mol. The Balaban J connectivity index is 2.11. The lowest BCUT2D eigenvalue weighted by Crippen LogP contribution is -2.64. The summed E-state index contributed by atoms with van der Waals surface area (Å²) < 4.78 is 10.8. The van der Waals surface area contributed by atoms with E-state index in [1.54, 1.807) is 46.8 Å². The SMILES string of the molecule is CC(C)(C)OC(=O)C=Cc1ccc(N2CCN(C(=O)O)C(C)(C)C2=O)o1. The number of anilines is 1. The Hall–Kier alpha value is -2.77. The highest BCUT2D eigenvalue weighted by molar-refractivity contribution is 6.01. The van der Waals surface area contributed by atoms with Crippen molar-refractivity contribution in [3.63, 3.8) is 0 Å². The number of rotatable bonds is 3. The molecular weight excluding hydrogens is 340 g/mol. The number of piperazine rings is 1. The second-order valence-corrected chi connectivity index (χ2v) is 7.49. The minimum Gasteiger partial charge on any atom is -0.465 e. The van der Waals surface area contributed by atoms with E-state index in [9.17, 15) is 19.5 Å². The number of nitrogens with zero attached hydrogens (tertiary/aromatic N) is 2. The number of esters is 1. The van der Waals surface area contributed by atoms with Crippen molar-refractivity contribution in [2.45, 2.75) is 45.8 Å². The Morgan fingerprint density at radius 2 is 1.92 bits per heavy atom. The average molecular weight is 364 g/mol. The van der Waals surface area contributed by atoms with E-state index in [4.69, 9.17) is 9.15 Å². The van der Waals surface area contributed by atoms with Crippen molar-refractivity contribution in [1.29, 1.82) is 0 Å². The van der Waals surface area contributed by atoms with Gasteiger partial charge in [0.05, 0.1) is 0 Å². The summed E-state index contributed by atoms with van der Waals surface area (Å²) in [6.07, 6.45) is 1.58. The molecule has 0 atom stereocenters. The maximum absolute atomic E-state index is 12.7. The van der Waals surface area contributed by atoms with Crippen molar-refractivity contribution in [1.82, 2.24) is 4.90 Å². The number of carboxylic acid groups (broad SMARTS) is 1. The number of furan rings is 1. The predicted molar refractivity (Wildman–Crippen MR) is 94.7 cm³/mol. The summed E-state index contributed by atoms with van der Waals surface area (Å²) in [7, 11) is 0. The van der Waals surface area contributed by atoms with Crippen LogP contribution in [-0.4, -0.2) is 52.2 Å². The normalized spacial score (nSPS) is 17.7. The third-order valence-electron chi connectivity index (χ3n) is 3.89. The fourth-order valence-corrected chi connectivity index (χ4v) is 2.63. The van der Waals surface area contributed by atoms with Gasteiger partial charge >= 0.3 is 12.1 Å². The lowest BCUT2D eigenvalue weighted by Gasteiger charge is -2.43. The molecule has 0 aromatic carbocycles. The van der Waals surface area contributed by atoms with Crippen molar-refractivity contribution in [3.8, 4) is 0 Å². The molecule has 1 aromatic rings. The van der Waals surface area contributed by atoms with Gasteiger partial charge < -0.3 is 14.3 Å². The predicted octanol–water partition coefficient (Wildman–Crippen LogP) is 2.74. The quantitative estimate of drug-likeness (QED) is 0.654. The van der Waals surface area contributed by atoms with Crippen LogP contribution in [0.5, 0.6) is 0 Å². The lowest BCUT2D eigenvalue weighted by molar-refractivity contribution is -0.148. The van der Waals surface area contributed by atoms with E-state index >= 15 is 0 Å². The van der Waals surface area contributed by atoms with Gasteiger partial charge in [-0.25, -0.2) is 9.59 Å². The summed E-state index contributed by atoms with van der Waals surface area (Å²) in [5.41, 5.74) is -1.78. The molecule has 2 amide bonds. The molecule has 1 aliphatic rings. The Morgan fingerprint density at radius 3 is 2.50 bits per heavy atom. The first-order valence-corrected chi connectivity index (χ1v) is 8.25. The molecule has 8 heteroatoms. The van der Waals surface area contributed by atoms with Gasteiger partial charge in [-0.15, -0.1) is 0 Å². The third-order valence-corrected chi connectivity index (χ3v) is 3.89. The minimum absolute atomic E-state index is 0.178. The molecule has 0 saturated carbocycles. The van der Waals surface area contributed by atoms with Gasteiger partial charge in [-0.1, -0.05) is 0 Å². The van der Waals surface area contributed by atoms with E-state index < -0.39 is 23.2 Å². The topological polar surface area (TPSA) is 100 Å². The van der Waals surface area contributed by atoms with Crippen LogP contribution in [0.15, 0.2) is 22.6 Å². The van der Waals surface area contributed by atoms with E-state index in [1.165, 1.54) is 17.1 Å². The molecule has 1 N–H and O–H groups in total. The number of hydrogen-bond donors (Lipinski definition) is 1. The van der Waals surface area contributed by atoms with Crippen LogP contribution in [-0.2, 0) is 14.3 Å². The van der Waals surface area contributed by atoms with Crippen molar-refractivity contribution >= 4 is 29.9 Å². The minimum atomic E-state index is -1.19. The first-order chi connectivity index (χ1) is 11.9. The van der Waals surface area contributed by atoms with E-state index in [1.807, 2.05) is 0 Å². The zero-order chi connectivity index (χ0) is 19.7. The molecule has 8 nitrogen and oxygen atoms in total. The molecule has 2 rings (SSSR count). The number of hydrogen-bond acceptors (Lipinski definition) is 5. The zero-order valence-electron chi connectivity index (χ0n) is 15.6. The molecular formula is C18H24N2O6. The van der Waals surface area contributed by atoms with Gasteiger partial charge in [-0.3, -0.25) is 14.6 Å². The second-order valence-electron chi connectivity index (χ2n) is 7.49. The number of amides is 2. The third kappa shape index (κ3) is 4.25. The van der Waals surface area contributed by atoms with Crippen LogP contribution in [0.1, 0.15) is 40.4 Å². The number of carbonyl (C=O) groups excluding carboxylic acids is 2. The van der Waals surface area contributed by atoms with Gasteiger partial charge in [0.15, 0.2) is 0 Å². The van der Waals surface area contributed by atoms with Crippen LogP contribution < -0.4 is 4.90 Å². The summed E-state index contributed by atoms with van der Waals surface area (Å²) in [6, 6.07) is 3.24. The second kappa shape index (κ2) is 6.86. The van der Waals surface area contributed by atoms with Crippen LogP contribution in [0, 0.1) is 0 Å². The highest BCUT2D eigenvalue weighted by Gasteiger charge is 2.45. The van der Waals surface area contributed by atoms with Gasteiger partial charge in [0.2, 0.25) is 5.88 Å². The molecule has 0 radical (unpaired) electrons. The van der Waals surface area contributed by atoms with Gasteiger partial charge in [0, 0.05) is 25.2 Å². The van der Waals surface area contributed by atoms with Gasteiger partial charge in [0.25, 0.3) is 5.91 Å². The van der Waals surface area contributed by atoms with Crippen molar-refractivity contribution in [3.05, 3.63) is 24.0 Å². The van der Waals surface area contributed by atoms with E-state index in [0.717, 1.165) is 4.90 Å². The zero-order valence-corrected chi connectivity index (χ0v) is 15.6. The molecule has 1 aromatic heterocycles. The van der Waals surface area contributed by atoms with Crippen LogP contribution >= 0.6 is 0 Å². The molecule has 0 spiro atoms. The maximum Gasteiger partial charge on any atom is 0.408 e. The van der Waals surface area contributed by atoms with E-state index in [-0.39, 0.29) is 19.0 Å². The Kier molecular flexibility index (Phi) is 5.16. The highest BCUT2D eigenvalue weighted by Crippen LogP contribution is 2.28. The Labute approximate surface area is 152 Å². The summed E-state index contributed by atoms with van der Waals surface area (Å²) >= 11 is 0. The summed E-state index contributed by atoms with van der Waals surface area (Å²) in [5.74, 6) is -0.181. The van der Waals surface area contributed by atoms with Gasteiger partial charge in [-0.05, 0) is 46.8 Å². The summed E-state index contributed by atoms with van der Waals surface area (Å²) in [5, 5.41) is 9.23. The van der Waals surface area contributed by atoms with Crippen molar-refractivity contribution < 1.29 is 28.6 Å². The molecule has 0 bridgehead atoms. The Morgan fingerprint density at radius 1 is 1.27 bits per heavy atom. The molecule has 26 heavy (non-hydrogen) atoms. The first-order valence-electron chi connectivity index (χ1n) is 8.25. The lowest BCUT2D eigenvalue weighted by atomic mass is 9.98. The fraction of sp³-hybridized carbons (Fsp3) is 0.500. The Bertz CT molecular complexity index is 741. The van der Waals surface area contributed by atoms with Crippen LogP contribution in [0.2, 0.25) is 0 Å². The van der Waals surface area contributed by atoms with Crippen molar-refractivity contribution in [2.75, 3.05) is 18.0 Å². The first kappa shape index (κ1) is 19.6. The van der Waals surface area contributed by atoms with Gasteiger partial charge in [-0.2, -0.15) is 0 Å². The molecule has 0 aliphatic carbocycles. The molecule has 142 valence electrons. The van der Waals surface area contributed by atoms with Crippen molar-refractivity contribution in [2.24, 2.45) is 0 Å². The molecule has 1 fully saturated rings. The fourth-order valence-electron chi connectivity index (χ4n) is 2.63. The van der Waals surface area contributed by atoms with Crippen LogP contribution in [0.25, 0.3) is 6.08 Å². The molecule has 1 saturated heterocycles. The van der Waals surface area contributed by atoms with Gasteiger partial charge in [0.1, 0.15) is 16.9 Å². The smallest absolute Gasteiger partial charge is 0.408 e. The van der Waals surface area contributed by atoms with Crippen LogP contribution in [0.4, 0.5) is 10.7 Å². The maximum atomic E-state index is 12.7. The van der Waals surface area contributed by atoms with Crippen LogP contribution in [0.3, 0.4) is 0 Å². The average Bonchev–Trinajstić information content (AvgIpc) is 2.94. The largest absolute Gasteiger partial charge is 0.465 e. The van der Waals surface area contributed by atoms with E-state index in [2.05, 4.69) is 0 Å². The number of ether oxygens (including phenoxy) is 1. The molecule has 2 heterocycles. The highest BCUT2D eigenvalue weighted by atomic mass is 16.6. The van der Waals surface area contributed by atoms with E-state index in [0.29, 0.717) is 11.6 Å². The molecule has 1 aliphatic heterocycles. The summed E-state index contributed by atoms with van der Waals surface area (Å²) in [4.78, 5) is 38.2. The summed E-state index contributed by atoms with van der Waals surface area (Å²) in [6.45, 7) is 8.80.